The molecule has 2 saturated heterocycles. The number of hydrogen-bond donors (Lipinski definition) is 1. The first-order chi connectivity index (χ1) is 18.3. The van der Waals surface area contributed by atoms with Crippen molar-refractivity contribution in [2.24, 2.45) is 0 Å². The van der Waals surface area contributed by atoms with E-state index in [1.165, 1.54) is 12.1 Å². The van der Waals surface area contributed by atoms with E-state index in [0.717, 1.165) is 28.3 Å². The van der Waals surface area contributed by atoms with Crippen molar-refractivity contribution in [1.82, 2.24) is 14.9 Å². The number of piperazine rings is 1. The van der Waals surface area contributed by atoms with Gasteiger partial charge in [0.1, 0.15) is 17.5 Å². The van der Waals surface area contributed by atoms with Crippen LogP contribution in [0.5, 0.6) is 0 Å². The number of hydrogen-bond acceptors (Lipinski definition) is 7. The Kier molecular flexibility index (Phi) is 7.54. The molecule has 0 saturated carbocycles. The molecule has 1 unspecified atom stereocenters. The smallest absolute Gasteiger partial charge is 0.349 e. The molecule has 0 spiro atoms. The molecule has 6 rings (SSSR count). The Morgan fingerprint density at radius 3 is 2.71 bits per heavy atom. The zero-order valence-electron chi connectivity index (χ0n) is 21.8. The Hall–Kier alpha value is -2.50. The van der Waals surface area contributed by atoms with Crippen LogP contribution < -0.4 is 15.9 Å². The van der Waals surface area contributed by atoms with Crippen molar-refractivity contribution < 1.29 is 18.6 Å². The summed E-state index contributed by atoms with van der Waals surface area (Å²) < 4.78 is 55.3. The molecule has 7 nitrogen and oxygen atoms in total. The molecule has 0 bridgehead atoms. The summed E-state index contributed by atoms with van der Waals surface area (Å²) in [5, 5.41) is 4.08. The van der Waals surface area contributed by atoms with Crippen LogP contribution in [0.4, 0.5) is 14.6 Å². The van der Waals surface area contributed by atoms with Gasteiger partial charge in [0.05, 0.1) is 23.1 Å². The molecular weight excluding hydrogens is 530 g/mol. The number of anilines is 1. The predicted molar refractivity (Wildman–Crippen MR) is 151 cm³/mol. The van der Waals surface area contributed by atoms with Gasteiger partial charge in [-0.05, 0) is 30.2 Å². The molecule has 206 valence electrons. The fourth-order valence-electron chi connectivity index (χ4n) is 5.84. The molecule has 4 heterocycles. The highest BCUT2D eigenvalue weighted by Gasteiger charge is 2.44. The topological polar surface area (TPSA) is 84.3 Å². The van der Waals surface area contributed by atoms with Crippen LogP contribution in [-0.2, 0) is 22.8 Å². The van der Waals surface area contributed by atoms with Crippen LogP contribution >= 0.6 is 11.8 Å². The van der Waals surface area contributed by atoms with E-state index in [1.807, 2.05) is 31.7 Å². The molecule has 38 heavy (non-hydrogen) atoms. The van der Waals surface area contributed by atoms with Gasteiger partial charge in [-0.2, -0.15) is 4.98 Å². The molecule has 1 aromatic heterocycles. The number of benzene rings is 2. The van der Waals surface area contributed by atoms with Crippen molar-refractivity contribution in [2.45, 2.75) is 57.1 Å². The second-order valence-electron chi connectivity index (χ2n) is 9.63. The zero-order valence-corrected chi connectivity index (χ0v) is 23.4. The van der Waals surface area contributed by atoms with Crippen molar-refractivity contribution in [3.05, 3.63) is 51.9 Å². The summed E-state index contributed by atoms with van der Waals surface area (Å²) in [5.74, 6) is -0.0760. The van der Waals surface area contributed by atoms with Gasteiger partial charge in [-0.1, -0.05) is 27.2 Å². The van der Waals surface area contributed by atoms with Crippen LogP contribution in [0.25, 0.3) is 22.0 Å². The summed E-state index contributed by atoms with van der Waals surface area (Å²) in [6.45, 7) is 7.63. The minimum Gasteiger partial charge on any atom is -0.349 e. The van der Waals surface area contributed by atoms with Gasteiger partial charge in [-0.15, -0.1) is 11.8 Å². The number of thioether (sulfide) groups is 1. The Labute approximate surface area is 227 Å². The first-order valence-corrected chi connectivity index (χ1v) is 16.0. The average Bonchev–Trinajstić information content (AvgIpc) is 3.22. The Morgan fingerprint density at radius 2 is 1.97 bits per heavy atom. The van der Waals surface area contributed by atoms with Crippen LogP contribution in [0.3, 0.4) is 0 Å². The first-order valence-electron chi connectivity index (χ1n) is 13.2. The van der Waals surface area contributed by atoms with Crippen molar-refractivity contribution >= 4 is 38.3 Å². The van der Waals surface area contributed by atoms with Gasteiger partial charge in [0, 0.05) is 60.3 Å². The highest BCUT2D eigenvalue weighted by molar-refractivity contribution is 7.99. The molecule has 3 aromatic rings. The van der Waals surface area contributed by atoms with Crippen LogP contribution in [0, 0.1) is 11.6 Å². The van der Waals surface area contributed by atoms with E-state index in [1.54, 1.807) is 16.3 Å². The monoisotopic (exact) mass is 564 g/mol. The van der Waals surface area contributed by atoms with Gasteiger partial charge in [0.15, 0.2) is 9.84 Å². The third kappa shape index (κ3) is 4.62. The number of aromatic nitrogens is 2. The van der Waals surface area contributed by atoms with Crippen LogP contribution in [0.1, 0.15) is 34.2 Å². The van der Waals surface area contributed by atoms with Crippen molar-refractivity contribution in [3.63, 3.8) is 0 Å². The van der Waals surface area contributed by atoms with Gasteiger partial charge >= 0.3 is 5.69 Å². The number of nitrogens with zero attached hydrogens (tertiary/aromatic N) is 3. The molecule has 1 N–H and O–H groups in total. The number of halogens is 2. The van der Waals surface area contributed by atoms with E-state index in [0.29, 0.717) is 54.3 Å². The number of fused-ring (bicyclic) bond motifs is 1. The molecule has 0 radical (unpaired) electrons. The lowest BCUT2D eigenvalue weighted by atomic mass is 9.93. The summed E-state index contributed by atoms with van der Waals surface area (Å²) in [7, 11) is -3.20. The van der Waals surface area contributed by atoms with E-state index < -0.39 is 27.2 Å². The van der Waals surface area contributed by atoms with Crippen molar-refractivity contribution in [2.75, 3.05) is 35.2 Å². The predicted octanol–water partition coefficient (Wildman–Crippen LogP) is 4.25. The van der Waals surface area contributed by atoms with E-state index in [4.69, 9.17) is 0 Å². The van der Waals surface area contributed by atoms with Gasteiger partial charge < -0.3 is 10.2 Å². The summed E-state index contributed by atoms with van der Waals surface area (Å²) in [5.41, 5.74) is 2.20. The quantitative estimate of drug-likeness (QED) is 0.507. The molecule has 2 atom stereocenters. The van der Waals surface area contributed by atoms with Crippen LogP contribution in [0.2, 0.25) is 0 Å². The molecule has 0 amide bonds. The lowest BCUT2D eigenvalue weighted by Crippen LogP contribution is -2.58. The number of aryl methyl sites for hydroxylation is 2. The highest BCUT2D eigenvalue weighted by atomic mass is 32.2. The SMILES string of the molecule is CC.CCCc1cc2c(N3CCNC4CS(=O)(=O)C[C@@H]43)nc(=O)n3c2c(c1-c1ccc(F)cc1F)SCC3.[HH]. The summed E-state index contributed by atoms with van der Waals surface area (Å²) in [6, 6.07) is 5.06. The summed E-state index contributed by atoms with van der Waals surface area (Å²) in [4.78, 5) is 20.5. The van der Waals surface area contributed by atoms with Crippen molar-refractivity contribution in [1.29, 1.82) is 0 Å². The summed E-state index contributed by atoms with van der Waals surface area (Å²) >= 11 is 1.56. The number of nitrogens with one attached hydrogen (secondary N) is 1. The maximum Gasteiger partial charge on any atom is 0.350 e. The third-order valence-electron chi connectivity index (χ3n) is 7.32. The Bertz CT molecular complexity index is 1570. The van der Waals surface area contributed by atoms with E-state index in [-0.39, 0.29) is 25.0 Å². The van der Waals surface area contributed by atoms with E-state index in [2.05, 4.69) is 10.3 Å². The molecule has 2 aromatic carbocycles. The van der Waals surface area contributed by atoms with Gasteiger partial charge in [-0.25, -0.2) is 22.0 Å². The minimum atomic E-state index is -3.20. The largest absolute Gasteiger partial charge is 0.350 e. The van der Waals surface area contributed by atoms with Crippen LogP contribution in [-0.4, -0.2) is 60.4 Å². The van der Waals surface area contributed by atoms with Gasteiger partial charge in [0.2, 0.25) is 0 Å². The molecular formula is C27H34F2N4O3S2. The Morgan fingerprint density at radius 1 is 1.18 bits per heavy atom. The van der Waals surface area contributed by atoms with Crippen molar-refractivity contribution in [3.8, 4) is 11.1 Å². The first kappa shape index (κ1) is 27.1. The molecule has 11 heteroatoms. The lowest BCUT2D eigenvalue weighted by Gasteiger charge is -2.39. The minimum absolute atomic E-state index is 0. The summed E-state index contributed by atoms with van der Waals surface area (Å²) in [6.07, 6.45) is 1.47. The molecule has 2 fully saturated rings. The second kappa shape index (κ2) is 10.6. The normalized spacial score (nSPS) is 21.7. The van der Waals surface area contributed by atoms with E-state index in [9.17, 15) is 17.6 Å². The number of sulfone groups is 1. The van der Waals surface area contributed by atoms with E-state index >= 15 is 4.39 Å². The van der Waals surface area contributed by atoms with Gasteiger partial charge in [-0.3, -0.25) is 4.57 Å². The average molecular weight is 565 g/mol. The fraction of sp³-hybridized carbons (Fsp3) is 0.481. The molecule has 3 aliphatic heterocycles. The van der Waals surface area contributed by atoms with Gasteiger partial charge in [0.25, 0.3) is 0 Å². The fourth-order valence-corrected chi connectivity index (χ4v) is 9.01. The van der Waals surface area contributed by atoms with Crippen LogP contribution in [0.15, 0.2) is 34.0 Å². The standard InChI is InChI=1S/C25H26F2N4O3S2.C2H6.H2/c1-2-3-14-10-17-22-23(21(14)16-5-4-15(26)11-18(16)27)35-9-8-31(22)25(32)29-24(17)30-7-6-28-19-12-36(33,34)13-20(19)30;1-2;/h4-5,10-11,19-20,28H,2-3,6-9,12-13H2,1H3;1-2H3;1H/t19?,20-;;/m0../s1. The third-order valence-corrected chi connectivity index (χ3v) is 10.1. The zero-order chi connectivity index (χ0) is 27.2. The highest BCUT2D eigenvalue weighted by Crippen LogP contribution is 2.45. The second-order valence-corrected chi connectivity index (χ2v) is 12.9. The maximum atomic E-state index is 15.1. The number of rotatable bonds is 4. The molecule has 3 aliphatic rings. The molecule has 0 aliphatic carbocycles. The Balaban J connectivity index is 0.00000115. The lowest BCUT2D eigenvalue weighted by molar-refractivity contribution is 0.423. The maximum absolute atomic E-state index is 15.1.